The lowest BCUT2D eigenvalue weighted by Crippen LogP contribution is -1.96. The van der Waals surface area contributed by atoms with E-state index in [9.17, 15) is 0 Å². The molecule has 0 radical (unpaired) electrons. The Kier molecular flexibility index (Phi) is 6.48. The molecule has 3 aromatic carbocycles. The van der Waals surface area contributed by atoms with Crippen molar-refractivity contribution < 1.29 is 4.74 Å². The van der Waals surface area contributed by atoms with E-state index in [0.29, 0.717) is 6.61 Å². The molecular formula is C22H18Br2O. The van der Waals surface area contributed by atoms with Gasteiger partial charge in [0.05, 0.1) is 0 Å². The third-order valence-corrected chi connectivity index (χ3v) is 4.65. The van der Waals surface area contributed by atoms with Gasteiger partial charge in [-0.05, 0) is 41.8 Å². The van der Waals surface area contributed by atoms with Crippen molar-refractivity contribution in [1.29, 1.82) is 0 Å². The van der Waals surface area contributed by atoms with E-state index in [0.717, 1.165) is 26.7 Å². The quantitative estimate of drug-likeness (QED) is 0.385. The Bertz CT molecular complexity index is 837. The van der Waals surface area contributed by atoms with Crippen LogP contribution >= 0.6 is 31.9 Å². The standard InChI is InChI=1S/C22H18Br2O/c23-20-13-18(14-21(24)15-20)9-6-11-19-10-4-5-12-22(19)25-16-17-7-2-1-3-8-17/h1-8,10-15H,9,16H2. The third-order valence-electron chi connectivity index (χ3n) is 3.73. The van der Waals surface area contributed by atoms with Crippen LogP contribution in [0, 0.1) is 0 Å². The van der Waals surface area contributed by atoms with Crippen LogP contribution in [0.1, 0.15) is 16.7 Å². The molecule has 0 amide bonds. The summed E-state index contributed by atoms with van der Waals surface area (Å²) in [6.45, 7) is 0.574. The van der Waals surface area contributed by atoms with Crippen molar-refractivity contribution >= 4 is 37.9 Å². The molecule has 25 heavy (non-hydrogen) atoms. The Balaban J connectivity index is 1.67. The summed E-state index contributed by atoms with van der Waals surface area (Å²) in [6.07, 6.45) is 5.15. The predicted molar refractivity (Wildman–Crippen MR) is 112 cm³/mol. The monoisotopic (exact) mass is 456 g/mol. The Morgan fingerprint density at radius 1 is 0.760 bits per heavy atom. The van der Waals surface area contributed by atoms with Crippen LogP contribution in [-0.2, 0) is 13.0 Å². The van der Waals surface area contributed by atoms with Crippen molar-refractivity contribution in [3.8, 4) is 5.75 Å². The molecule has 0 N–H and O–H groups in total. The van der Waals surface area contributed by atoms with Gasteiger partial charge in [-0.3, -0.25) is 0 Å². The number of ether oxygens (including phenoxy) is 1. The fourth-order valence-electron chi connectivity index (χ4n) is 2.54. The van der Waals surface area contributed by atoms with Crippen LogP contribution in [0.4, 0.5) is 0 Å². The molecule has 0 aliphatic carbocycles. The summed E-state index contributed by atoms with van der Waals surface area (Å²) >= 11 is 7.06. The Hall–Kier alpha value is -1.84. The molecule has 0 spiro atoms. The first-order valence-corrected chi connectivity index (χ1v) is 9.66. The molecule has 3 aromatic rings. The van der Waals surface area contributed by atoms with E-state index in [1.165, 1.54) is 11.1 Å². The summed E-state index contributed by atoms with van der Waals surface area (Å²) in [7, 11) is 0. The number of allylic oxidation sites excluding steroid dienone is 1. The topological polar surface area (TPSA) is 9.23 Å². The average Bonchev–Trinajstić information content (AvgIpc) is 2.61. The Labute approximate surface area is 165 Å². The van der Waals surface area contributed by atoms with E-state index < -0.39 is 0 Å². The number of halogens is 2. The van der Waals surface area contributed by atoms with Crippen LogP contribution in [0.15, 0.2) is 87.8 Å². The minimum Gasteiger partial charge on any atom is -0.488 e. The second-order valence-electron chi connectivity index (χ2n) is 5.70. The van der Waals surface area contributed by atoms with Gasteiger partial charge >= 0.3 is 0 Å². The number of para-hydroxylation sites is 1. The first-order chi connectivity index (χ1) is 12.2. The van der Waals surface area contributed by atoms with Crippen molar-refractivity contribution in [2.24, 2.45) is 0 Å². The molecule has 0 atom stereocenters. The van der Waals surface area contributed by atoms with Gasteiger partial charge in [-0.15, -0.1) is 0 Å². The lowest BCUT2D eigenvalue weighted by Gasteiger charge is -2.09. The molecule has 0 fully saturated rings. The summed E-state index contributed by atoms with van der Waals surface area (Å²) in [4.78, 5) is 0. The minimum absolute atomic E-state index is 0.574. The normalized spacial score (nSPS) is 11.0. The Morgan fingerprint density at radius 3 is 2.20 bits per heavy atom. The van der Waals surface area contributed by atoms with E-state index in [4.69, 9.17) is 4.74 Å². The van der Waals surface area contributed by atoms with Gasteiger partial charge in [0.25, 0.3) is 0 Å². The maximum Gasteiger partial charge on any atom is 0.127 e. The van der Waals surface area contributed by atoms with E-state index in [1.54, 1.807) is 0 Å². The second-order valence-corrected chi connectivity index (χ2v) is 7.53. The summed E-state index contributed by atoms with van der Waals surface area (Å²) in [5.41, 5.74) is 3.51. The zero-order valence-electron chi connectivity index (χ0n) is 13.7. The fraction of sp³-hybridized carbons (Fsp3) is 0.0909. The summed E-state index contributed by atoms with van der Waals surface area (Å²) in [6, 6.07) is 24.6. The number of benzene rings is 3. The van der Waals surface area contributed by atoms with E-state index >= 15 is 0 Å². The molecular weight excluding hydrogens is 440 g/mol. The molecule has 0 aliphatic heterocycles. The molecule has 126 valence electrons. The van der Waals surface area contributed by atoms with Gasteiger partial charge in [0, 0.05) is 14.5 Å². The third kappa shape index (κ3) is 5.58. The number of hydrogen-bond donors (Lipinski definition) is 0. The van der Waals surface area contributed by atoms with Crippen molar-refractivity contribution in [1.82, 2.24) is 0 Å². The molecule has 3 rings (SSSR count). The molecule has 0 heterocycles. The van der Waals surface area contributed by atoms with E-state index in [1.807, 2.05) is 42.5 Å². The van der Waals surface area contributed by atoms with Crippen LogP contribution < -0.4 is 4.74 Å². The molecule has 3 heteroatoms. The largest absolute Gasteiger partial charge is 0.488 e. The first-order valence-electron chi connectivity index (χ1n) is 8.08. The van der Waals surface area contributed by atoms with Crippen molar-refractivity contribution in [3.63, 3.8) is 0 Å². The highest BCUT2D eigenvalue weighted by Crippen LogP contribution is 2.23. The molecule has 0 aliphatic rings. The van der Waals surface area contributed by atoms with Gasteiger partial charge in [0.1, 0.15) is 12.4 Å². The molecule has 0 bridgehead atoms. The first kappa shape index (κ1) is 18.0. The molecule has 0 saturated heterocycles. The highest BCUT2D eigenvalue weighted by Gasteiger charge is 2.01. The maximum atomic E-state index is 6.00. The Morgan fingerprint density at radius 2 is 1.44 bits per heavy atom. The smallest absolute Gasteiger partial charge is 0.127 e. The highest BCUT2D eigenvalue weighted by molar-refractivity contribution is 9.11. The number of hydrogen-bond acceptors (Lipinski definition) is 1. The highest BCUT2D eigenvalue weighted by atomic mass is 79.9. The SMILES string of the molecule is Brc1cc(Br)cc(CC=Cc2ccccc2OCc2ccccc2)c1. The van der Waals surface area contributed by atoms with Crippen LogP contribution in [0.3, 0.4) is 0 Å². The van der Waals surface area contributed by atoms with Gasteiger partial charge in [0.2, 0.25) is 0 Å². The maximum absolute atomic E-state index is 6.00. The van der Waals surface area contributed by atoms with Crippen LogP contribution in [-0.4, -0.2) is 0 Å². The van der Waals surface area contributed by atoms with Gasteiger partial charge in [0.15, 0.2) is 0 Å². The fourth-order valence-corrected chi connectivity index (χ4v) is 3.92. The van der Waals surface area contributed by atoms with E-state index in [-0.39, 0.29) is 0 Å². The number of rotatable bonds is 6. The lowest BCUT2D eigenvalue weighted by atomic mass is 10.1. The van der Waals surface area contributed by atoms with Crippen molar-refractivity contribution in [2.45, 2.75) is 13.0 Å². The zero-order valence-corrected chi connectivity index (χ0v) is 16.8. The molecule has 0 aromatic heterocycles. The predicted octanol–water partition coefficient (Wildman–Crippen LogP) is 7.05. The van der Waals surface area contributed by atoms with Crippen LogP contribution in [0.5, 0.6) is 5.75 Å². The van der Waals surface area contributed by atoms with Crippen molar-refractivity contribution in [2.75, 3.05) is 0 Å². The van der Waals surface area contributed by atoms with Crippen LogP contribution in [0.2, 0.25) is 0 Å². The summed E-state index contributed by atoms with van der Waals surface area (Å²) < 4.78 is 8.16. The molecule has 1 nitrogen and oxygen atoms in total. The molecule has 0 saturated carbocycles. The van der Waals surface area contributed by atoms with Gasteiger partial charge < -0.3 is 4.74 Å². The van der Waals surface area contributed by atoms with Gasteiger partial charge in [-0.2, -0.15) is 0 Å². The average molecular weight is 458 g/mol. The minimum atomic E-state index is 0.574. The lowest BCUT2D eigenvalue weighted by molar-refractivity contribution is 0.305. The second kappa shape index (κ2) is 9.02. The summed E-state index contributed by atoms with van der Waals surface area (Å²) in [5.74, 6) is 0.901. The van der Waals surface area contributed by atoms with E-state index in [2.05, 4.69) is 74.3 Å². The van der Waals surface area contributed by atoms with Gasteiger partial charge in [-0.25, -0.2) is 0 Å². The van der Waals surface area contributed by atoms with Crippen molar-refractivity contribution in [3.05, 3.63) is 105 Å². The van der Waals surface area contributed by atoms with Gasteiger partial charge in [-0.1, -0.05) is 92.5 Å². The zero-order chi connectivity index (χ0) is 17.5. The summed E-state index contributed by atoms with van der Waals surface area (Å²) in [5, 5.41) is 0. The molecule has 0 unspecified atom stereocenters. The van der Waals surface area contributed by atoms with Crippen LogP contribution in [0.25, 0.3) is 6.08 Å².